The van der Waals surface area contributed by atoms with Crippen molar-refractivity contribution in [3.63, 3.8) is 0 Å². The van der Waals surface area contributed by atoms with Gasteiger partial charge in [0.05, 0.1) is 11.4 Å². The van der Waals surface area contributed by atoms with E-state index < -0.39 is 0 Å². The van der Waals surface area contributed by atoms with Crippen molar-refractivity contribution >= 4 is 11.4 Å². The van der Waals surface area contributed by atoms with E-state index in [0.29, 0.717) is 11.8 Å². The molecule has 2 heterocycles. The fraction of sp³-hybridized carbons (Fsp3) is 0.310. The Hall–Kier alpha value is -3.00. The quantitative estimate of drug-likeness (QED) is 0.435. The Morgan fingerprint density at radius 2 is 1.61 bits per heavy atom. The number of nitrogens with zero attached hydrogens (tertiary/aromatic N) is 1. The van der Waals surface area contributed by atoms with Crippen molar-refractivity contribution in [2.24, 2.45) is 5.92 Å². The summed E-state index contributed by atoms with van der Waals surface area (Å²) in [6.45, 7) is 0. The largest absolute Gasteiger partial charge is 0.465 e. The summed E-state index contributed by atoms with van der Waals surface area (Å²) in [7, 11) is 0. The Labute approximate surface area is 184 Å². The number of aryl methyl sites for hydroxylation is 1. The molecule has 0 N–H and O–H groups in total. The van der Waals surface area contributed by atoms with Crippen LogP contribution in [0.3, 0.4) is 0 Å². The van der Waals surface area contributed by atoms with Crippen LogP contribution in [0.4, 0.5) is 5.69 Å². The molecule has 4 aliphatic rings. The Morgan fingerprint density at radius 3 is 2.55 bits per heavy atom. The lowest BCUT2D eigenvalue weighted by molar-refractivity contribution is -0.0148. The minimum atomic E-state index is -0.272. The molecular formula is C29H27NO. The van der Waals surface area contributed by atoms with Crippen LogP contribution in [0.1, 0.15) is 54.7 Å². The molecule has 1 spiro atoms. The van der Waals surface area contributed by atoms with Gasteiger partial charge < -0.3 is 4.74 Å². The van der Waals surface area contributed by atoms with Gasteiger partial charge in [0.15, 0.2) is 5.72 Å². The second kappa shape index (κ2) is 6.50. The monoisotopic (exact) mass is 405 g/mol. The van der Waals surface area contributed by atoms with E-state index in [9.17, 15) is 0 Å². The third-order valence-electron chi connectivity index (χ3n) is 8.05. The fourth-order valence-electron chi connectivity index (χ4n) is 6.90. The van der Waals surface area contributed by atoms with Crippen LogP contribution in [0.15, 0.2) is 84.4 Å². The van der Waals surface area contributed by atoms with Crippen LogP contribution in [0.5, 0.6) is 5.75 Å². The first-order valence-corrected chi connectivity index (χ1v) is 11.8. The van der Waals surface area contributed by atoms with Gasteiger partial charge in [0.25, 0.3) is 0 Å². The minimum absolute atomic E-state index is 0.272. The molecule has 3 aromatic carbocycles. The SMILES string of the molecule is c1ccc([C@@H]2C3=C(c4ccccc4CC3)N3c4ccccc4O[C@@]34CCCC[C@@H]24)cc1. The molecule has 2 aliphatic heterocycles. The zero-order chi connectivity index (χ0) is 20.4. The Bertz CT molecular complexity index is 1200. The van der Waals surface area contributed by atoms with Crippen molar-refractivity contribution in [2.45, 2.75) is 50.2 Å². The second-order valence-electron chi connectivity index (χ2n) is 9.52. The molecule has 0 unspecified atom stereocenters. The van der Waals surface area contributed by atoms with Crippen LogP contribution < -0.4 is 9.64 Å². The lowest BCUT2D eigenvalue weighted by Gasteiger charge is -2.55. The molecular weight excluding hydrogens is 378 g/mol. The summed E-state index contributed by atoms with van der Waals surface area (Å²) in [6.07, 6.45) is 7.11. The first kappa shape index (κ1) is 17.7. The van der Waals surface area contributed by atoms with Gasteiger partial charge in [-0.15, -0.1) is 0 Å². The molecule has 2 aliphatic carbocycles. The van der Waals surface area contributed by atoms with E-state index in [2.05, 4.69) is 83.8 Å². The van der Waals surface area contributed by atoms with Crippen molar-refractivity contribution < 1.29 is 4.74 Å². The van der Waals surface area contributed by atoms with Gasteiger partial charge >= 0.3 is 0 Å². The van der Waals surface area contributed by atoms with Gasteiger partial charge in [0, 0.05) is 23.8 Å². The van der Waals surface area contributed by atoms with Gasteiger partial charge in [-0.25, -0.2) is 0 Å². The van der Waals surface area contributed by atoms with Gasteiger partial charge in [0.2, 0.25) is 0 Å². The Kier molecular flexibility index (Phi) is 3.70. The summed E-state index contributed by atoms with van der Waals surface area (Å²) in [4.78, 5) is 2.64. The van der Waals surface area contributed by atoms with E-state index in [1.807, 2.05) is 0 Å². The molecule has 154 valence electrons. The Balaban J connectivity index is 1.56. The highest BCUT2D eigenvalue weighted by Gasteiger charge is 2.60. The summed E-state index contributed by atoms with van der Waals surface area (Å²) in [5.74, 6) is 1.95. The van der Waals surface area contributed by atoms with Crippen LogP contribution in [0.2, 0.25) is 0 Å². The highest BCUT2D eigenvalue weighted by molar-refractivity contribution is 5.90. The predicted molar refractivity (Wildman–Crippen MR) is 125 cm³/mol. The zero-order valence-corrected chi connectivity index (χ0v) is 17.8. The molecule has 0 radical (unpaired) electrons. The first-order valence-electron chi connectivity index (χ1n) is 11.8. The van der Waals surface area contributed by atoms with E-state index in [1.165, 1.54) is 47.3 Å². The number of para-hydroxylation sites is 2. The number of fused-ring (bicyclic) bond motifs is 5. The highest BCUT2D eigenvalue weighted by Crippen LogP contribution is 2.63. The van der Waals surface area contributed by atoms with E-state index in [0.717, 1.165) is 25.0 Å². The molecule has 0 bridgehead atoms. The normalized spacial score (nSPS) is 28.1. The number of benzene rings is 3. The molecule has 3 aromatic rings. The van der Waals surface area contributed by atoms with Gasteiger partial charge in [-0.1, -0.05) is 73.2 Å². The number of ether oxygens (including phenoxy) is 1. The summed E-state index contributed by atoms with van der Waals surface area (Å²) in [6, 6.07) is 29.0. The fourth-order valence-corrected chi connectivity index (χ4v) is 6.90. The molecule has 2 heteroatoms. The lowest BCUT2D eigenvalue weighted by Crippen LogP contribution is -2.60. The van der Waals surface area contributed by atoms with E-state index in [-0.39, 0.29) is 5.72 Å². The first-order chi connectivity index (χ1) is 15.4. The van der Waals surface area contributed by atoms with E-state index in [1.54, 1.807) is 5.57 Å². The van der Waals surface area contributed by atoms with E-state index >= 15 is 0 Å². The van der Waals surface area contributed by atoms with Gasteiger partial charge in [0.1, 0.15) is 5.75 Å². The van der Waals surface area contributed by atoms with Gasteiger partial charge in [-0.05, 0) is 54.5 Å². The maximum absolute atomic E-state index is 7.01. The average molecular weight is 406 g/mol. The zero-order valence-electron chi connectivity index (χ0n) is 17.8. The highest BCUT2D eigenvalue weighted by atomic mass is 16.5. The number of anilines is 1. The molecule has 0 saturated heterocycles. The molecule has 1 saturated carbocycles. The molecule has 3 atom stereocenters. The van der Waals surface area contributed by atoms with Crippen LogP contribution in [0.25, 0.3) is 5.70 Å². The summed E-state index contributed by atoms with van der Waals surface area (Å²) < 4.78 is 7.01. The maximum atomic E-state index is 7.01. The van der Waals surface area contributed by atoms with Crippen LogP contribution >= 0.6 is 0 Å². The molecule has 7 rings (SSSR count). The van der Waals surface area contributed by atoms with Crippen molar-refractivity contribution in [2.75, 3.05) is 4.90 Å². The topological polar surface area (TPSA) is 12.5 Å². The maximum Gasteiger partial charge on any atom is 0.191 e. The summed E-state index contributed by atoms with van der Waals surface area (Å²) in [5, 5.41) is 0. The van der Waals surface area contributed by atoms with Crippen molar-refractivity contribution in [1.29, 1.82) is 0 Å². The third kappa shape index (κ3) is 2.34. The van der Waals surface area contributed by atoms with Crippen LogP contribution in [0, 0.1) is 5.92 Å². The van der Waals surface area contributed by atoms with Crippen LogP contribution in [-0.2, 0) is 6.42 Å². The number of allylic oxidation sites excluding steroid dienone is 1. The average Bonchev–Trinajstić information content (AvgIpc) is 3.16. The molecule has 1 fully saturated rings. The molecule has 31 heavy (non-hydrogen) atoms. The van der Waals surface area contributed by atoms with Crippen molar-refractivity contribution in [3.8, 4) is 5.75 Å². The number of hydrogen-bond acceptors (Lipinski definition) is 2. The standard InChI is InChI=1S/C29H27NO/c1-2-11-21(12-3-1)27-23-18-17-20-10-4-5-13-22(20)28(23)30-25-15-6-7-16-26(25)31-29(30)19-9-8-14-24(27)29/h1-7,10-13,15-16,24,27H,8-9,14,17-19H2/t24-,27+,29+/m0/s1. The van der Waals surface area contributed by atoms with Gasteiger partial charge in [-0.3, -0.25) is 4.90 Å². The second-order valence-corrected chi connectivity index (χ2v) is 9.52. The molecule has 2 nitrogen and oxygen atoms in total. The summed E-state index contributed by atoms with van der Waals surface area (Å²) >= 11 is 0. The number of hydrogen-bond donors (Lipinski definition) is 0. The summed E-state index contributed by atoms with van der Waals surface area (Å²) in [5.41, 5.74) is 8.37. The smallest absolute Gasteiger partial charge is 0.191 e. The lowest BCUT2D eigenvalue weighted by atomic mass is 9.63. The molecule has 0 amide bonds. The van der Waals surface area contributed by atoms with Crippen molar-refractivity contribution in [3.05, 3.63) is 101 Å². The van der Waals surface area contributed by atoms with Gasteiger partial charge in [-0.2, -0.15) is 0 Å². The van der Waals surface area contributed by atoms with E-state index in [4.69, 9.17) is 4.74 Å². The number of rotatable bonds is 1. The Morgan fingerprint density at radius 1 is 0.806 bits per heavy atom. The minimum Gasteiger partial charge on any atom is -0.465 e. The predicted octanol–water partition coefficient (Wildman–Crippen LogP) is 6.93. The third-order valence-corrected chi connectivity index (χ3v) is 8.05. The van der Waals surface area contributed by atoms with Crippen molar-refractivity contribution in [1.82, 2.24) is 0 Å². The van der Waals surface area contributed by atoms with Crippen LogP contribution in [-0.4, -0.2) is 5.72 Å². The molecule has 0 aromatic heterocycles.